The van der Waals surface area contributed by atoms with Crippen LogP contribution in [-0.2, 0) is 0 Å². The van der Waals surface area contributed by atoms with Crippen molar-refractivity contribution in [1.82, 2.24) is 4.98 Å². The second-order valence-corrected chi connectivity index (χ2v) is 6.18. The molecule has 0 atom stereocenters. The van der Waals surface area contributed by atoms with Crippen LogP contribution in [0.25, 0.3) is 0 Å². The van der Waals surface area contributed by atoms with E-state index in [0.29, 0.717) is 34.1 Å². The Morgan fingerprint density at radius 2 is 1.48 bits per heavy atom. The Labute approximate surface area is 168 Å². The van der Waals surface area contributed by atoms with Gasteiger partial charge in [-0.2, -0.15) is 0 Å². The van der Waals surface area contributed by atoms with Gasteiger partial charge in [0.15, 0.2) is 5.78 Å². The van der Waals surface area contributed by atoms with E-state index in [1.807, 2.05) is 12.1 Å². The van der Waals surface area contributed by atoms with Crippen LogP contribution in [0.4, 0.5) is 17.2 Å². The molecule has 1 aromatic heterocycles. The lowest BCUT2D eigenvalue weighted by molar-refractivity contribution is 0.101. The van der Waals surface area contributed by atoms with Crippen molar-refractivity contribution in [1.29, 1.82) is 0 Å². The number of ether oxygens (including phenoxy) is 2. The lowest BCUT2D eigenvalue weighted by Crippen LogP contribution is -2.14. The van der Waals surface area contributed by atoms with Gasteiger partial charge in [-0.15, -0.1) is 0 Å². The second-order valence-electron chi connectivity index (χ2n) is 6.18. The van der Waals surface area contributed by atoms with Gasteiger partial charge in [0.05, 0.1) is 26.1 Å². The first-order chi connectivity index (χ1) is 14.0. The molecule has 7 heteroatoms. The fourth-order valence-corrected chi connectivity index (χ4v) is 2.75. The zero-order valence-corrected chi connectivity index (χ0v) is 16.4. The van der Waals surface area contributed by atoms with Gasteiger partial charge in [0, 0.05) is 11.3 Å². The largest absolute Gasteiger partial charge is 0.496 e. The van der Waals surface area contributed by atoms with Crippen molar-refractivity contribution in [2.24, 2.45) is 0 Å². The Kier molecular flexibility index (Phi) is 6.09. The zero-order chi connectivity index (χ0) is 20.8. The second kappa shape index (κ2) is 8.88. The fourth-order valence-electron chi connectivity index (χ4n) is 2.75. The Morgan fingerprint density at radius 3 is 2.00 bits per heavy atom. The molecule has 1 heterocycles. The number of hydrogen-bond acceptors (Lipinski definition) is 6. The van der Waals surface area contributed by atoms with Crippen LogP contribution in [0.3, 0.4) is 0 Å². The number of nitrogens with zero attached hydrogens (tertiary/aromatic N) is 1. The van der Waals surface area contributed by atoms with Crippen LogP contribution in [0.1, 0.15) is 27.6 Å². The van der Waals surface area contributed by atoms with E-state index in [9.17, 15) is 9.59 Å². The van der Waals surface area contributed by atoms with Gasteiger partial charge in [-0.1, -0.05) is 6.07 Å². The number of pyridine rings is 1. The minimum Gasteiger partial charge on any atom is -0.496 e. The molecule has 0 aliphatic carbocycles. The molecule has 0 aliphatic heterocycles. The summed E-state index contributed by atoms with van der Waals surface area (Å²) in [7, 11) is 2.99. The maximum absolute atomic E-state index is 12.7. The van der Waals surface area contributed by atoms with Crippen LogP contribution in [0, 0.1) is 0 Å². The fraction of sp³-hybridized carbons (Fsp3) is 0.136. The number of methoxy groups -OCH3 is 2. The number of anilines is 3. The highest BCUT2D eigenvalue weighted by Gasteiger charge is 2.18. The number of Topliss-reactive ketones (excluding diaryl/α,β-unsaturated/α-hetero) is 1. The van der Waals surface area contributed by atoms with E-state index in [1.54, 1.807) is 48.7 Å². The van der Waals surface area contributed by atoms with Gasteiger partial charge >= 0.3 is 0 Å². The Hall–Kier alpha value is -3.87. The van der Waals surface area contributed by atoms with Crippen molar-refractivity contribution in [3.63, 3.8) is 0 Å². The molecule has 0 spiro atoms. The van der Waals surface area contributed by atoms with Crippen LogP contribution >= 0.6 is 0 Å². The number of carbonyl (C=O) groups excluding carboxylic acids is 2. The number of amides is 1. The van der Waals surface area contributed by atoms with Crippen LogP contribution < -0.4 is 20.1 Å². The summed E-state index contributed by atoms with van der Waals surface area (Å²) in [5, 5.41) is 5.94. The van der Waals surface area contributed by atoms with E-state index in [4.69, 9.17) is 9.47 Å². The molecule has 3 aromatic rings. The Bertz CT molecular complexity index is 993. The molecule has 148 valence electrons. The summed E-state index contributed by atoms with van der Waals surface area (Å²) in [5.41, 5.74) is 2.29. The van der Waals surface area contributed by atoms with Crippen molar-refractivity contribution in [3.05, 3.63) is 71.9 Å². The maximum atomic E-state index is 12.7. The zero-order valence-electron chi connectivity index (χ0n) is 16.4. The molecule has 0 radical (unpaired) electrons. The van der Waals surface area contributed by atoms with Gasteiger partial charge in [0.1, 0.15) is 22.9 Å². The predicted molar refractivity (Wildman–Crippen MR) is 111 cm³/mol. The molecule has 2 aromatic carbocycles. The van der Waals surface area contributed by atoms with Crippen molar-refractivity contribution in [2.75, 3.05) is 24.9 Å². The first kappa shape index (κ1) is 19.9. The van der Waals surface area contributed by atoms with Crippen molar-refractivity contribution < 1.29 is 19.1 Å². The Morgan fingerprint density at radius 1 is 0.862 bits per heavy atom. The van der Waals surface area contributed by atoms with E-state index in [0.717, 1.165) is 5.69 Å². The summed E-state index contributed by atoms with van der Waals surface area (Å²) in [4.78, 5) is 28.3. The van der Waals surface area contributed by atoms with Gasteiger partial charge in [-0.3, -0.25) is 9.59 Å². The predicted octanol–water partition coefficient (Wildman–Crippen LogP) is 4.30. The summed E-state index contributed by atoms with van der Waals surface area (Å²) in [6, 6.07) is 15.7. The summed E-state index contributed by atoms with van der Waals surface area (Å²) < 4.78 is 10.5. The molecule has 7 nitrogen and oxygen atoms in total. The van der Waals surface area contributed by atoms with E-state index < -0.39 is 0 Å². The SMILES string of the molecule is COc1cccc(OC)c1C(=O)Nc1ccc(Nc2ccc(C(C)=O)cc2)nc1. The van der Waals surface area contributed by atoms with Crippen molar-refractivity contribution >= 4 is 28.9 Å². The van der Waals surface area contributed by atoms with Crippen molar-refractivity contribution in [3.8, 4) is 11.5 Å². The summed E-state index contributed by atoms with van der Waals surface area (Å²) >= 11 is 0. The number of benzene rings is 2. The number of carbonyl (C=O) groups is 2. The first-order valence-corrected chi connectivity index (χ1v) is 8.88. The number of aromatic nitrogens is 1. The minimum absolute atomic E-state index is 0.0152. The number of ketones is 1. The van der Waals surface area contributed by atoms with Gasteiger partial charge in [0.25, 0.3) is 5.91 Å². The molecule has 0 fully saturated rings. The molecule has 0 aliphatic rings. The van der Waals surface area contributed by atoms with E-state index >= 15 is 0 Å². The van der Waals surface area contributed by atoms with Gasteiger partial charge in [-0.25, -0.2) is 4.98 Å². The third-order valence-corrected chi connectivity index (χ3v) is 4.24. The van der Waals surface area contributed by atoms with Gasteiger partial charge in [-0.05, 0) is 55.5 Å². The third kappa shape index (κ3) is 4.70. The average Bonchev–Trinajstić information content (AvgIpc) is 2.74. The van der Waals surface area contributed by atoms with E-state index in [1.165, 1.54) is 21.1 Å². The molecule has 0 saturated heterocycles. The van der Waals surface area contributed by atoms with Gasteiger partial charge < -0.3 is 20.1 Å². The molecule has 0 saturated carbocycles. The number of rotatable bonds is 7. The summed E-state index contributed by atoms with van der Waals surface area (Å²) in [6.45, 7) is 1.53. The molecule has 1 amide bonds. The summed E-state index contributed by atoms with van der Waals surface area (Å²) in [5.74, 6) is 1.10. The number of hydrogen-bond donors (Lipinski definition) is 2. The van der Waals surface area contributed by atoms with Gasteiger partial charge in [0.2, 0.25) is 0 Å². The standard InChI is InChI=1S/C22H21N3O4/c1-14(26)15-7-9-16(10-8-15)24-20-12-11-17(13-23-20)25-22(27)21-18(28-2)5-4-6-19(21)29-3/h4-13H,1-3H3,(H,23,24)(H,25,27). The summed E-state index contributed by atoms with van der Waals surface area (Å²) in [6.07, 6.45) is 1.55. The van der Waals surface area contributed by atoms with Crippen LogP contribution in [0.2, 0.25) is 0 Å². The average molecular weight is 391 g/mol. The lowest BCUT2D eigenvalue weighted by Gasteiger charge is -2.13. The minimum atomic E-state index is -0.360. The third-order valence-electron chi connectivity index (χ3n) is 4.24. The molecular weight excluding hydrogens is 370 g/mol. The maximum Gasteiger partial charge on any atom is 0.263 e. The van der Waals surface area contributed by atoms with Crippen molar-refractivity contribution in [2.45, 2.75) is 6.92 Å². The molecule has 0 bridgehead atoms. The first-order valence-electron chi connectivity index (χ1n) is 8.88. The highest BCUT2D eigenvalue weighted by molar-refractivity contribution is 6.08. The molecule has 3 rings (SSSR count). The normalized spacial score (nSPS) is 10.2. The molecule has 0 unspecified atom stereocenters. The van der Waals surface area contributed by atoms with Crippen LogP contribution in [0.15, 0.2) is 60.8 Å². The molecular formula is C22H21N3O4. The molecule has 2 N–H and O–H groups in total. The highest BCUT2D eigenvalue weighted by Crippen LogP contribution is 2.29. The highest BCUT2D eigenvalue weighted by atomic mass is 16.5. The molecule has 29 heavy (non-hydrogen) atoms. The van der Waals surface area contributed by atoms with Crippen LogP contribution in [0.5, 0.6) is 11.5 Å². The van der Waals surface area contributed by atoms with E-state index in [2.05, 4.69) is 15.6 Å². The Balaban J connectivity index is 1.71. The van der Waals surface area contributed by atoms with E-state index in [-0.39, 0.29) is 11.7 Å². The lowest BCUT2D eigenvalue weighted by atomic mass is 10.1. The smallest absolute Gasteiger partial charge is 0.263 e. The quantitative estimate of drug-likeness (QED) is 0.584. The van der Waals surface area contributed by atoms with Crippen LogP contribution in [-0.4, -0.2) is 30.9 Å². The topological polar surface area (TPSA) is 89.5 Å². The number of nitrogens with one attached hydrogen (secondary N) is 2. The monoisotopic (exact) mass is 391 g/mol.